The fourth-order valence-corrected chi connectivity index (χ4v) is 2.17. The van der Waals surface area contributed by atoms with Gasteiger partial charge in [0.2, 0.25) is 0 Å². The third kappa shape index (κ3) is 3.09. The van der Waals surface area contributed by atoms with Crippen LogP contribution in [0.15, 0.2) is 47.2 Å². The summed E-state index contributed by atoms with van der Waals surface area (Å²) in [5.74, 6) is 0.652. The summed E-state index contributed by atoms with van der Waals surface area (Å²) in [4.78, 5) is 4.04. The zero-order chi connectivity index (χ0) is 13.0. The van der Waals surface area contributed by atoms with E-state index in [0.717, 1.165) is 15.6 Å². The number of nitrogens with zero attached hydrogens (tertiary/aromatic N) is 1. The quantitative estimate of drug-likeness (QED) is 0.943. The van der Waals surface area contributed by atoms with E-state index in [1.165, 1.54) is 0 Å². The minimum absolute atomic E-state index is 0.538. The average molecular weight is 308 g/mol. The third-order valence-electron chi connectivity index (χ3n) is 2.73. The molecule has 1 atom stereocenters. The fourth-order valence-electron chi connectivity index (χ4n) is 1.72. The van der Waals surface area contributed by atoms with Gasteiger partial charge >= 0.3 is 0 Å². The van der Waals surface area contributed by atoms with Crippen LogP contribution in [0.3, 0.4) is 0 Å². The van der Waals surface area contributed by atoms with Crippen LogP contribution >= 0.6 is 15.9 Å². The number of aromatic nitrogens is 1. The summed E-state index contributed by atoms with van der Waals surface area (Å²) in [6.45, 7) is 0. The molecule has 1 unspecified atom stereocenters. The Morgan fingerprint density at radius 3 is 2.83 bits per heavy atom. The van der Waals surface area contributed by atoms with E-state index in [0.29, 0.717) is 12.2 Å². The second kappa shape index (κ2) is 5.98. The third-order valence-corrected chi connectivity index (χ3v) is 3.50. The lowest BCUT2D eigenvalue weighted by Gasteiger charge is -2.12. The number of halogens is 1. The van der Waals surface area contributed by atoms with Gasteiger partial charge in [0.15, 0.2) is 0 Å². The second-order valence-electron chi connectivity index (χ2n) is 3.97. The molecule has 4 heteroatoms. The average Bonchev–Trinajstić information content (AvgIpc) is 2.41. The van der Waals surface area contributed by atoms with Gasteiger partial charge in [0.05, 0.1) is 19.4 Å². The molecular formula is C14H14BrNO2. The lowest BCUT2D eigenvalue weighted by atomic mass is 10.0. The summed E-state index contributed by atoms with van der Waals surface area (Å²) in [6.07, 6.45) is 3.22. The van der Waals surface area contributed by atoms with E-state index in [9.17, 15) is 5.11 Å². The van der Waals surface area contributed by atoms with Crippen molar-refractivity contribution in [3.05, 3.63) is 58.3 Å². The Morgan fingerprint density at radius 2 is 2.11 bits per heavy atom. The number of methoxy groups -OCH3 is 1. The highest BCUT2D eigenvalue weighted by Crippen LogP contribution is 2.24. The number of rotatable bonds is 4. The number of benzene rings is 1. The van der Waals surface area contributed by atoms with Gasteiger partial charge in [0, 0.05) is 22.7 Å². The largest absolute Gasteiger partial charge is 0.495 e. The van der Waals surface area contributed by atoms with Crippen LogP contribution in [0.4, 0.5) is 0 Å². The Bertz CT molecular complexity index is 531. The molecule has 1 heterocycles. The van der Waals surface area contributed by atoms with Crippen LogP contribution in [0.5, 0.6) is 5.75 Å². The van der Waals surface area contributed by atoms with Gasteiger partial charge < -0.3 is 9.84 Å². The number of aliphatic hydroxyl groups is 1. The highest BCUT2D eigenvalue weighted by molar-refractivity contribution is 9.10. The van der Waals surface area contributed by atoms with Gasteiger partial charge in [-0.15, -0.1) is 0 Å². The van der Waals surface area contributed by atoms with Crippen molar-refractivity contribution in [3.8, 4) is 5.75 Å². The lowest BCUT2D eigenvalue weighted by Crippen LogP contribution is -2.03. The van der Waals surface area contributed by atoms with Gasteiger partial charge in [-0.3, -0.25) is 4.98 Å². The van der Waals surface area contributed by atoms with E-state index < -0.39 is 6.10 Å². The Kier molecular flexibility index (Phi) is 4.33. The summed E-state index contributed by atoms with van der Waals surface area (Å²) >= 11 is 3.47. The van der Waals surface area contributed by atoms with E-state index in [1.54, 1.807) is 25.6 Å². The molecule has 1 aromatic carbocycles. The Hall–Kier alpha value is -1.39. The first-order valence-electron chi connectivity index (χ1n) is 5.61. The second-order valence-corrected chi connectivity index (χ2v) is 4.82. The number of hydrogen-bond donors (Lipinski definition) is 1. The Balaban J connectivity index is 2.16. The van der Waals surface area contributed by atoms with Crippen molar-refractivity contribution < 1.29 is 9.84 Å². The summed E-state index contributed by atoms with van der Waals surface area (Å²) in [6, 6.07) is 9.66. The molecule has 0 spiro atoms. The van der Waals surface area contributed by atoms with Gasteiger partial charge in [-0.25, -0.2) is 0 Å². The molecule has 1 N–H and O–H groups in total. The normalized spacial score (nSPS) is 12.2. The monoisotopic (exact) mass is 307 g/mol. The number of aliphatic hydroxyl groups excluding tert-OH is 1. The van der Waals surface area contributed by atoms with Gasteiger partial charge in [0.25, 0.3) is 0 Å². The van der Waals surface area contributed by atoms with Crippen molar-refractivity contribution in [1.29, 1.82) is 0 Å². The summed E-state index contributed by atoms with van der Waals surface area (Å²) < 4.78 is 6.10. The van der Waals surface area contributed by atoms with Crippen molar-refractivity contribution in [2.24, 2.45) is 0 Å². The van der Waals surface area contributed by atoms with Gasteiger partial charge in [-0.1, -0.05) is 34.1 Å². The van der Waals surface area contributed by atoms with Crippen molar-refractivity contribution in [3.63, 3.8) is 0 Å². The molecule has 0 saturated carbocycles. The molecule has 0 aliphatic carbocycles. The maximum Gasteiger partial charge on any atom is 0.137 e. The van der Waals surface area contributed by atoms with Crippen LogP contribution < -0.4 is 4.74 Å². The number of ether oxygens (including phenoxy) is 1. The maximum atomic E-state index is 10.2. The molecule has 0 amide bonds. The predicted molar refractivity (Wildman–Crippen MR) is 73.6 cm³/mol. The van der Waals surface area contributed by atoms with Crippen LogP contribution in [0.25, 0.3) is 0 Å². The highest BCUT2D eigenvalue weighted by Gasteiger charge is 2.11. The standard InChI is InChI=1S/C14H14BrNO2/c1-18-12-6-11(8-16-9-12)14(17)7-10-4-2-3-5-13(10)15/h2-6,8-9,14,17H,7H2,1H3. The Morgan fingerprint density at radius 1 is 1.33 bits per heavy atom. The van der Waals surface area contributed by atoms with E-state index >= 15 is 0 Å². The van der Waals surface area contributed by atoms with E-state index in [4.69, 9.17) is 4.74 Å². The van der Waals surface area contributed by atoms with Crippen LogP contribution in [-0.4, -0.2) is 17.2 Å². The van der Waals surface area contributed by atoms with E-state index in [2.05, 4.69) is 20.9 Å². The first-order valence-corrected chi connectivity index (χ1v) is 6.40. The molecule has 0 radical (unpaired) electrons. The van der Waals surface area contributed by atoms with E-state index in [1.807, 2.05) is 24.3 Å². The van der Waals surface area contributed by atoms with Crippen LogP contribution in [0.1, 0.15) is 17.2 Å². The Labute approximate surface area is 115 Å². The molecule has 2 aromatic rings. The summed E-state index contributed by atoms with van der Waals surface area (Å²) in [5.41, 5.74) is 1.82. The predicted octanol–water partition coefficient (Wildman–Crippen LogP) is 3.13. The lowest BCUT2D eigenvalue weighted by molar-refractivity contribution is 0.177. The molecule has 0 saturated heterocycles. The molecule has 0 fully saturated rings. The molecular weight excluding hydrogens is 294 g/mol. The molecule has 3 nitrogen and oxygen atoms in total. The molecule has 2 rings (SSSR count). The SMILES string of the molecule is COc1cncc(C(O)Cc2ccccc2Br)c1. The molecule has 1 aromatic heterocycles. The first kappa shape index (κ1) is 13.1. The zero-order valence-electron chi connectivity index (χ0n) is 10.0. The number of hydrogen-bond acceptors (Lipinski definition) is 3. The van der Waals surface area contributed by atoms with Crippen LogP contribution in [-0.2, 0) is 6.42 Å². The molecule has 0 bridgehead atoms. The first-order chi connectivity index (χ1) is 8.70. The summed E-state index contributed by atoms with van der Waals surface area (Å²) in [7, 11) is 1.58. The van der Waals surface area contributed by atoms with E-state index in [-0.39, 0.29) is 0 Å². The number of pyridine rings is 1. The highest BCUT2D eigenvalue weighted by atomic mass is 79.9. The van der Waals surface area contributed by atoms with Gasteiger partial charge in [-0.05, 0) is 17.7 Å². The molecule has 0 aliphatic rings. The minimum Gasteiger partial charge on any atom is -0.495 e. The summed E-state index contributed by atoms with van der Waals surface area (Å²) in [5, 5.41) is 10.2. The van der Waals surface area contributed by atoms with Crippen molar-refractivity contribution in [1.82, 2.24) is 4.98 Å². The van der Waals surface area contributed by atoms with Gasteiger partial charge in [0.1, 0.15) is 5.75 Å². The zero-order valence-corrected chi connectivity index (χ0v) is 11.6. The molecule has 0 aliphatic heterocycles. The molecule has 94 valence electrons. The van der Waals surface area contributed by atoms with Crippen LogP contribution in [0.2, 0.25) is 0 Å². The molecule has 18 heavy (non-hydrogen) atoms. The smallest absolute Gasteiger partial charge is 0.137 e. The maximum absolute atomic E-state index is 10.2. The minimum atomic E-state index is -0.591. The van der Waals surface area contributed by atoms with Crippen LogP contribution in [0, 0.1) is 0 Å². The topological polar surface area (TPSA) is 42.4 Å². The van der Waals surface area contributed by atoms with Gasteiger partial charge in [-0.2, -0.15) is 0 Å². The fraction of sp³-hybridized carbons (Fsp3) is 0.214. The van der Waals surface area contributed by atoms with Crippen molar-refractivity contribution >= 4 is 15.9 Å². The van der Waals surface area contributed by atoms with Crippen molar-refractivity contribution in [2.45, 2.75) is 12.5 Å². The van der Waals surface area contributed by atoms with Crippen molar-refractivity contribution in [2.75, 3.05) is 7.11 Å².